The number of alkyl halides is 4. The van der Waals surface area contributed by atoms with Crippen LogP contribution in [0.15, 0.2) is 0 Å². The van der Waals surface area contributed by atoms with Gasteiger partial charge in [0.15, 0.2) is 0 Å². The Bertz CT molecular complexity index is 240. The van der Waals surface area contributed by atoms with Crippen LogP contribution in [0.1, 0.15) is 6.42 Å². The van der Waals surface area contributed by atoms with Gasteiger partial charge in [-0.1, -0.05) is 0 Å². The highest BCUT2D eigenvalue weighted by atomic mass is 32.3. The van der Waals surface area contributed by atoms with E-state index in [1.54, 1.807) is 0 Å². The minimum Gasteiger partial charge on any atom is -0.248 e. The van der Waals surface area contributed by atoms with Gasteiger partial charge in [-0.25, -0.2) is 25.9 Å². The Labute approximate surface area is 78.1 Å². The summed E-state index contributed by atoms with van der Waals surface area (Å²) in [6, 6.07) is 0. The molecule has 0 spiro atoms. The molecule has 9 heteroatoms. The predicted molar refractivity (Wildman–Crippen MR) is 37.4 cm³/mol. The molecule has 0 saturated heterocycles. The average Bonchev–Trinajstić information content (AvgIpc) is 2.00. The Morgan fingerprint density at radius 1 is 1.00 bits per heavy atom. The van der Waals surface area contributed by atoms with Crippen LogP contribution in [0.25, 0.3) is 0 Å². The maximum absolute atomic E-state index is 11.5. The molecule has 14 heavy (non-hydrogen) atoms. The quantitative estimate of drug-likeness (QED) is 0.627. The summed E-state index contributed by atoms with van der Waals surface area (Å²) < 4.78 is 74.3. The largest absolute Gasteiger partial charge is 0.400 e. The lowest BCUT2D eigenvalue weighted by Crippen LogP contribution is -2.16. The number of hydrogen-bond donors (Lipinski definition) is 0. The van der Waals surface area contributed by atoms with Crippen LogP contribution < -0.4 is 0 Å². The molecule has 0 aromatic carbocycles. The zero-order valence-electron chi connectivity index (χ0n) is 6.83. The molecule has 4 nitrogen and oxygen atoms in total. The highest BCUT2D eigenvalue weighted by molar-refractivity contribution is 7.81. The van der Waals surface area contributed by atoms with Crippen LogP contribution in [0, 0.1) is 0 Å². The molecule has 0 heterocycles. The van der Waals surface area contributed by atoms with Crippen molar-refractivity contribution in [3.8, 4) is 0 Å². The van der Waals surface area contributed by atoms with E-state index in [2.05, 4.69) is 8.37 Å². The molecular weight excluding hydrogens is 232 g/mol. The van der Waals surface area contributed by atoms with Gasteiger partial charge in [0.25, 0.3) is 6.43 Å². The first kappa shape index (κ1) is 13.6. The Hall–Kier alpha value is -0.410. The molecule has 0 fully saturated rings. The zero-order chi connectivity index (χ0) is 11.2. The molecule has 0 amide bonds. The molecule has 0 bridgehead atoms. The predicted octanol–water partition coefficient (Wildman–Crippen LogP) is 1.18. The van der Waals surface area contributed by atoms with Crippen molar-refractivity contribution in [3.05, 3.63) is 0 Å². The lowest BCUT2D eigenvalue weighted by atomic mass is 10.5. The van der Waals surface area contributed by atoms with Crippen molar-refractivity contribution in [1.82, 2.24) is 0 Å². The normalized spacial score (nSPS) is 12.7. The second kappa shape index (κ2) is 6.14. The second-order valence-corrected chi connectivity index (χ2v) is 3.37. The first-order valence-electron chi connectivity index (χ1n) is 3.43. The van der Waals surface area contributed by atoms with Crippen molar-refractivity contribution >= 4 is 10.4 Å². The summed E-state index contributed by atoms with van der Waals surface area (Å²) >= 11 is 0. The molecule has 0 aliphatic carbocycles. The Morgan fingerprint density at radius 2 is 1.57 bits per heavy atom. The van der Waals surface area contributed by atoms with Crippen LogP contribution in [0.2, 0.25) is 0 Å². The average molecular weight is 240 g/mol. The molecule has 0 aromatic rings. The molecule has 0 atom stereocenters. The van der Waals surface area contributed by atoms with Crippen LogP contribution in [-0.2, 0) is 18.8 Å². The van der Waals surface area contributed by atoms with Gasteiger partial charge in [-0.15, -0.1) is 0 Å². The monoisotopic (exact) mass is 240 g/mol. The molecule has 0 N–H and O–H groups in total. The summed E-state index contributed by atoms with van der Waals surface area (Å²) in [5.41, 5.74) is 0. The van der Waals surface area contributed by atoms with E-state index in [0.717, 1.165) is 0 Å². The summed E-state index contributed by atoms with van der Waals surface area (Å²) in [6.45, 7) is -2.15. The summed E-state index contributed by atoms with van der Waals surface area (Å²) in [5.74, 6) is 0. The minimum atomic E-state index is -4.59. The van der Waals surface area contributed by atoms with E-state index in [-0.39, 0.29) is 0 Å². The fourth-order valence-electron chi connectivity index (χ4n) is 0.408. The lowest BCUT2D eigenvalue weighted by Gasteiger charge is -2.04. The van der Waals surface area contributed by atoms with Crippen molar-refractivity contribution in [2.75, 3.05) is 13.2 Å². The fourth-order valence-corrected chi connectivity index (χ4v) is 1.05. The molecule has 0 aliphatic rings. The number of rotatable bonds is 7. The van der Waals surface area contributed by atoms with Gasteiger partial charge in [0.1, 0.15) is 6.61 Å². The van der Waals surface area contributed by atoms with E-state index in [4.69, 9.17) is 0 Å². The maximum atomic E-state index is 11.5. The van der Waals surface area contributed by atoms with Gasteiger partial charge in [0.2, 0.25) is 6.43 Å². The molecule has 0 saturated carbocycles. The van der Waals surface area contributed by atoms with Crippen molar-refractivity contribution in [3.63, 3.8) is 0 Å². The summed E-state index contributed by atoms with van der Waals surface area (Å²) in [5, 5.41) is 0. The zero-order valence-corrected chi connectivity index (χ0v) is 7.65. The maximum Gasteiger partial charge on any atom is 0.400 e. The summed E-state index contributed by atoms with van der Waals surface area (Å²) in [4.78, 5) is 0. The number of hydrogen-bond acceptors (Lipinski definition) is 4. The van der Waals surface area contributed by atoms with Crippen molar-refractivity contribution in [2.45, 2.75) is 19.3 Å². The van der Waals surface area contributed by atoms with E-state index >= 15 is 0 Å². The molecule has 0 rings (SSSR count). The molecule has 86 valence electrons. The fraction of sp³-hybridized carbons (Fsp3) is 1.00. The summed E-state index contributed by atoms with van der Waals surface area (Å²) in [7, 11) is -4.59. The molecular formula is C5H8F4O4S. The van der Waals surface area contributed by atoms with E-state index < -0.39 is 42.9 Å². The van der Waals surface area contributed by atoms with Crippen molar-refractivity contribution in [2.24, 2.45) is 0 Å². The van der Waals surface area contributed by atoms with E-state index in [1.165, 1.54) is 0 Å². The number of halogens is 4. The third kappa shape index (κ3) is 8.20. The smallest absolute Gasteiger partial charge is 0.248 e. The van der Waals surface area contributed by atoms with E-state index in [0.29, 0.717) is 0 Å². The highest BCUT2D eigenvalue weighted by Gasteiger charge is 2.16. The van der Waals surface area contributed by atoms with Crippen LogP contribution >= 0.6 is 0 Å². The van der Waals surface area contributed by atoms with Crippen molar-refractivity contribution < 1.29 is 34.3 Å². The van der Waals surface area contributed by atoms with Gasteiger partial charge in [-0.3, -0.25) is 0 Å². The van der Waals surface area contributed by atoms with Crippen LogP contribution in [0.4, 0.5) is 17.6 Å². The first-order chi connectivity index (χ1) is 6.33. The van der Waals surface area contributed by atoms with E-state index in [9.17, 15) is 26.0 Å². The van der Waals surface area contributed by atoms with Crippen molar-refractivity contribution in [1.29, 1.82) is 0 Å². The molecule has 0 unspecified atom stereocenters. The first-order valence-corrected chi connectivity index (χ1v) is 4.77. The Morgan fingerprint density at radius 3 is 2.00 bits per heavy atom. The van der Waals surface area contributed by atoms with Crippen LogP contribution in [0.3, 0.4) is 0 Å². The highest BCUT2D eigenvalue weighted by Crippen LogP contribution is 2.04. The third-order valence-corrected chi connectivity index (χ3v) is 1.78. The van der Waals surface area contributed by atoms with Gasteiger partial charge in [0, 0.05) is 6.42 Å². The molecule has 0 aliphatic heterocycles. The van der Waals surface area contributed by atoms with Gasteiger partial charge in [0.05, 0.1) is 6.61 Å². The SMILES string of the molecule is O=S(=O)(OCCC(F)F)OCC(F)F. The Kier molecular flexibility index (Phi) is 5.96. The Balaban J connectivity index is 3.73. The van der Waals surface area contributed by atoms with Crippen LogP contribution in [0.5, 0.6) is 0 Å². The van der Waals surface area contributed by atoms with Gasteiger partial charge < -0.3 is 0 Å². The third-order valence-electron chi connectivity index (χ3n) is 0.902. The molecule has 0 aromatic heterocycles. The second-order valence-electron chi connectivity index (χ2n) is 2.09. The van der Waals surface area contributed by atoms with E-state index in [1.807, 2.05) is 0 Å². The van der Waals surface area contributed by atoms with Crippen LogP contribution in [-0.4, -0.2) is 34.5 Å². The lowest BCUT2D eigenvalue weighted by molar-refractivity contribution is 0.0677. The topological polar surface area (TPSA) is 52.6 Å². The van der Waals surface area contributed by atoms with Gasteiger partial charge in [-0.05, 0) is 0 Å². The standard InChI is InChI=1S/C5H8F4O4S/c6-4(7)1-2-12-14(10,11)13-3-5(8)9/h4-5H,1-3H2. The van der Waals surface area contributed by atoms with Gasteiger partial charge in [-0.2, -0.15) is 8.42 Å². The molecule has 0 radical (unpaired) electrons. The summed E-state index contributed by atoms with van der Waals surface area (Å²) in [6.07, 6.45) is -6.50. The van der Waals surface area contributed by atoms with Gasteiger partial charge >= 0.3 is 10.4 Å². The minimum absolute atomic E-state index is 0.802.